The molecule has 8 rings (SSSR count). The molecule has 3 N–H and O–H groups in total. The number of pyridine rings is 1. The van der Waals surface area contributed by atoms with E-state index in [1.54, 1.807) is 49.6 Å². The van der Waals surface area contributed by atoms with Crippen LogP contribution in [0.5, 0.6) is 0 Å². The van der Waals surface area contributed by atoms with Gasteiger partial charge in [0.15, 0.2) is 5.82 Å². The summed E-state index contributed by atoms with van der Waals surface area (Å²) in [6.45, 7) is 10.4. The predicted octanol–water partition coefficient (Wildman–Crippen LogP) is 5.31. The number of rotatable bonds is 28. The van der Waals surface area contributed by atoms with Crippen molar-refractivity contribution < 1.29 is 60.1 Å². The van der Waals surface area contributed by atoms with Crippen LogP contribution in [0.25, 0.3) is 27.8 Å². The van der Waals surface area contributed by atoms with Gasteiger partial charge in [-0.05, 0) is 68.5 Å². The second kappa shape index (κ2) is 26.4. The molecule has 0 radical (unpaired) electrons. The standard InChI is InChI=1S/C53H64F2N10O11S/c1-4-30-77(70,71)61-42-10-9-40(54)50(48(42)55)64-33-39(36-31-56-34-57-32-36)49-43(64)12-13-45(60-49)62(3)37-14-18-63(19-15-37)46(66)16-20-72-22-24-74-26-28-76-29-27-75-25-23-73-21-17-58-41-7-5-6-38-47(41)53(69)65(52(38)68)44-11-8-35(2)59-51(44)67/h5-7,9-10,12-13,31-34,37,44,58,61H,2,4,8,11,14-30H2,1,3H3,(H,59,67). The molecule has 21 nitrogen and oxygen atoms in total. The summed E-state index contributed by atoms with van der Waals surface area (Å²) >= 11 is 0. The van der Waals surface area contributed by atoms with Crippen LogP contribution in [0.1, 0.15) is 66.2 Å². The number of hydrogen-bond acceptors (Lipinski definition) is 16. The molecule has 2 aromatic carbocycles. The maximum atomic E-state index is 16.1. The Morgan fingerprint density at radius 3 is 2.16 bits per heavy atom. The van der Waals surface area contributed by atoms with Gasteiger partial charge in [-0.1, -0.05) is 19.6 Å². The molecule has 1 atom stereocenters. The van der Waals surface area contributed by atoms with Crippen LogP contribution in [-0.4, -0.2) is 172 Å². The highest BCUT2D eigenvalue weighted by Crippen LogP contribution is 2.37. The van der Waals surface area contributed by atoms with Gasteiger partial charge in [-0.25, -0.2) is 32.2 Å². The van der Waals surface area contributed by atoms with Crippen LogP contribution in [0.4, 0.5) is 26.0 Å². The van der Waals surface area contributed by atoms with Gasteiger partial charge in [0.25, 0.3) is 11.8 Å². The number of sulfonamides is 1. The van der Waals surface area contributed by atoms with Gasteiger partial charge in [-0.3, -0.25) is 28.8 Å². The fourth-order valence-electron chi connectivity index (χ4n) is 9.44. The highest BCUT2D eigenvalue weighted by atomic mass is 32.2. The van der Waals surface area contributed by atoms with Crippen molar-refractivity contribution >= 4 is 61.9 Å². The molecule has 77 heavy (non-hydrogen) atoms. The summed E-state index contributed by atoms with van der Waals surface area (Å²) < 4.78 is 88.3. The second-order valence-electron chi connectivity index (χ2n) is 18.6. The number of ether oxygens (including phenoxy) is 5. The quantitative estimate of drug-likeness (QED) is 0.0425. The summed E-state index contributed by atoms with van der Waals surface area (Å²) in [6.07, 6.45) is 8.81. The first-order chi connectivity index (χ1) is 37.3. The summed E-state index contributed by atoms with van der Waals surface area (Å²) in [4.78, 5) is 70.2. The number of fused-ring (bicyclic) bond motifs is 2. The first kappa shape index (κ1) is 56.2. The molecular weight excluding hydrogens is 1020 g/mol. The number of allylic oxidation sites excluding steroid dienone is 1. The number of nitrogens with one attached hydrogen (secondary N) is 3. The van der Waals surface area contributed by atoms with Crippen molar-refractivity contribution in [1.82, 2.24) is 34.6 Å². The molecule has 3 aromatic heterocycles. The number of anilines is 3. The van der Waals surface area contributed by atoms with Crippen molar-refractivity contribution in [3.05, 3.63) is 102 Å². The lowest BCUT2D eigenvalue weighted by molar-refractivity contribution is -0.133. The topological polar surface area (TPSA) is 238 Å². The lowest BCUT2D eigenvalue weighted by Gasteiger charge is -2.37. The van der Waals surface area contributed by atoms with Crippen LogP contribution in [0.3, 0.4) is 0 Å². The third kappa shape index (κ3) is 13.8. The van der Waals surface area contributed by atoms with Crippen LogP contribution in [0.15, 0.2) is 79.7 Å². The number of carbonyl (C=O) groups excluding carboxylic acids is 4. The van der Waals surface area contributed by atoms with Gasteiger partial charge in [-0.2, -0.15) is 0 Å². The van der Waals surface area contributed by atoms with Crippen molar-refractivity contribution in [2.45, 2.75) is 57.5 Å². The van der Waals surface area contributed by atoms with E-state index in [4.69, 9.17) is 28.7 Å². The van der Waals surface area contributed by atoms with E-state index in [0.717, 1.165) is 17.0 Å². The maximum absolute atomic E-state index is 16.1. The zero-order chi connectivity index (χ0) is 54.5. The molecule has 0 saturated carbocycles. The molecule has 3 aliphatic rings. The molecule has 0 aliphatic carbocycles. The number of carbonyl (C=O) groups is 4. The van der Waals surface area contributed by atoms with E-state index in [-0.39, 0.29) is 47.5 Å². The third-order valence-corrected chi connectivity index (χ3v) is 14.8. The molecular formula is C53H64F2N10O11S. The monoisotopic (exact) mass is 1090 g/mol. The van der Waals surface area contributed by atoms with Crippen LogP contribution in [0.2, 0.25) is 0 Å². The molecule has 5 aromatic rings. The van der Waals surface area contributed by atoms with Crippen molar-refractivity contribution in [2.24, 2.45) is 0 Å². The van der Waals surface area contributed by atoms with Crippen molar-refractivity contribution in [2.75, 3.05) is 113 Å². The summed E-state index contributed by atoms with van der Waals surface area (Å²) in [7, 11) is -1.94. The number of halogens is 2. The molecule has 3 aliphatic heterocycles. The van der Waals surface area contributed by atoms with E-state index in [1.165, 1.54) is 17.1 Å². The lowest BCUT2D eigenvalue weighted by Crippen LogP contribution is -2.51. The number of benzene rings is 2. The van der Waals surface area contributed by atoms with Gasteiger partial charge in [0.1, 0.15) is 29.7 Å². The lowest BCUT2D eigenvalue weighted by atomic mass is 10.0. The average Bonchev–Trinajstić information content (AvgIpc) is 3.92. The fourth-order valence-corrected chi connectivity index (χ4v) is 10.6. The Balaban J connectivity index is 0.675. The summed E-state index contributed by atoms with van der Waals surface area (Å²) in [5.74, 6) is -2.99. The first-order valence-electron chi connectivity index (χ1n) is 25.6. The van der Waals surface area contributed by atoms with E-state index in [1.807, 2.05) is 16.8 Å². The first-order valence-corrected chi connectivity index (χ1v) is 27.3. The number of nitrogens with zero attached hydrogens (tertiary/aromatic N) is 7. The Morgan fingerprint density at radius 1 is 0.831 bits per heavy atom. The number of aromatic nitrogens is 4. The molecule has 6 heterocycles. The molecule has 2 saturated heterocycles. The van der Waals surface area contributed by atoms with E-state index in [9.17, 15) is 27.6 Å². The number of amides is 4. The highest BCUT2D eigenvalue weighted by molar-refractivity contribution is 7.92. The Bertz CT molecular complexity index is 3030. The molecule has 24 heteroatoms. The van der Waals surface area contributed by atoms with Crippen LogP contribution < -0.4 is 20.3 Å². The van der Waals surface area contributed by atoms with Gasteiger partial charge in [0.2, 0.25) is 21.8 Å². The maximum Gasteiger partial charge on any atom is 0.264 e. The second-order valence-corrected chi connectivity index (χ2v) is 20.4. The summed E-state index contributed by atoms with van der Waals surface area (Å²) in [6, 6.07) is 9.73. The van der Waals surface area contributed by atoms with Crippen LogP contribution >= 0.6 is 0 Å². The Kier molecular flexibility index (Phi) is 19.3. The minimum absolute atomic E-state index is 0.000976. The Labute approximate surface area is 445 Å². The van der Waals surface area contributed by atoms with Gasteiger partial charge in [0.05, 0.1) is 106 Å². The average molecular weight is 1090 g/mol. The van der Waals surface area contributed by atoms with Gasteiger partial charge in [-0.15, -0.1) is 0 Å². The molecule has 0 bridgehead atoms. The summed E-state index contributed by atoms with van der Waals surface area (Å²) in [5, 5.41) is 5.81. The van der Waals surface area contributed by atoms with Gasteiger partial charge in [0, 0.05) is 73.8 Å². The Hall–Kier alpha value is -6.96. The largest absolute Gasteiger partial charge is 0.382 e. The summed E-state index contributed by atoms with van der Waals surface area (Å²) in [5.41, 5.74) is 2.62. The minimum Gasteiger partial charge on any atom is -0.382 e. The van der Waals surface area contributed by atoms with Crippen molar-refractivity contribution in [1.29, 1.82) is 0 Å². The third-order valence-electron chi connectivity index (χ3n) is 13.4. The van der Waals surface area contributed by atoms with Gasteiger partial charge >= 0.3 is 0 Å². The van der Waals surface area contributed by atoms with Crippen molar-refractivity contribution in [3.63, 3.8) is 0 Å². The fraction of sp³-hybridized carbons (Fsp3) is 0.453. The number of piperidine rings is 2. The number of imide groups is 1. The number of hydrogen-bond donors (Lipinski definition) is 3. The zero-order valence-corrected chi connectivity index (χ0v) is 44.0. The molecule has 0 spiro atoms. The smallest absolute Gasteiger partial charge is 0.264 e. The normalized spacial score (nSPS) is 16.1. The SMILES string of the molecule is C=C1CCC(N2C(=O)c3cccc(NCCOCCOCCOCCOCCOCCC(=O)N4CCC(N(C)c5ccc6c(n5)c(-c5cncnc5)cn6-c5c(F)ccc(NS(=O)(=O)CCC)c5F)CC4)c3C2=O)C(=O)N1. The van der Waals surface area contributed by atoms with E-state index in [0.29, 0.717) is 151 Å². The van der Waals surface area contributed by atoms with Crippen molar-refractivity contribution in [3.8, 4) is 16.8 Å². The van der Waals surface area contributed by atoms with E-state index < -0.39 is 51.1 Å². The zero-order valence-electron chi connectivity index (χ0n) is 43.1. The van der Waals surface area contributed by atoms with E-state index in [2.05, 4.69) is 31.9 Å². The van der Waals surface area contributed by atoms with Crippen LogP contribution in [-0.2, 0) is 43.3 Å². The molecule has 412 valence electrons. The highest BCUT2D eigenvalue weighted by Gasteiger charge is 2.45. The Morgan fingerprint density at radius 2 is 1.49 bits per heavy atom. The molecule has 4 amide bonds. The number of likely N-dealkylation sites (tertiary alicyclic amines) is 1. The van der Waals surface area contributed by atoms with Crippen LogP contribution in [0, 0.1) is 11.6 Å². The predicted molar refractivity (Wildman–Crippen MR) is 282 cm³/mol. The van der Waals surface area contributed by atoms with Gasteiger partial charge < -0.3 is 48.7 Å². The molecule has 1 unspecified atom stereocenters. The molecule has 2 fully saturated rings. The van der Waals surface area contributed by atoms with E-state index >= 15 is 8.78 Å². The minimum atomic E-state index is -3.87.